The highest BCUT2D eigenvalue weighted by atomic mass is 14.9. The SMILES string of the molecule is C/C=C/C(C)NCC(C)N. The van der Waals surface area contributed by atoms with Gasteiger partial charge in [0, 0.05) is 18.6 Å². The summed E-state index contributed by atoms with van der Waals surface area (Å²) in [4.78, 5) is 0. The van der Waals surface area contributed by atoms with Gasteiger partial charge in [-0.2, -0.15) is 0 Å². The smallest absolute Gasteiger partial charge is 0.0222 e. The largest absolute Gasteiger partial charge is 0.327 e. The van der Waals surface area contributed by atoms with E-state index in [0.29, 0.717) is 6.04 Å². The normalized spacial score (nSPS) is 17.6. The van der Waals surface area contributed by atoms with Crippen LogP contribution in [0.2, 0.25) is 0 Å². The van der Waals surface area contributed by atoms with Crippen LogP contribution >= 0.6 is 0 Å². The Labute approximate surface area is 63.5 Å². The van der Waals surface area contributed by atoms with Gasteiger partial charge in [0.15, 0.2) is 0 Å². The maximum Gasteiger partial charge on any atom is 0.0222 e. The van der Waals surface area contributed by atoms with Crippen molar-refractivity contribution in [2.45, 2.75) is 32.9 Å². The highest BCUT2D eigenvalue weighted by Gasteiger charge is 1.96. The minimum Gasteiger partial charge on any atom is -0.327 e. The van der Waals surface area contributed by atoms with E-state index in [2.05, 4.69) is 18.3 Å². The Morgan fingerprint density at radius 1 is 1.50 bits per heavy atom. The Balaban J connectivity index is 3.30. The van der Waals surface area contributed by atoms with Gasteiger partial charge in [-0.3, -0.25) is 0 Å². The molecule has 10 heavy (non-hydrogen) atoms. The fourth-order valence-corrected chi connectivity index (χ4v) is 0.729. The van der Waals surface area contributed by atoms with E-state index in [9.17, 15) is 0 Å². The molecule has 0 aromatic rings. The van der Waals surface area contributed by atoms with Crippen molar-refractivity contribution in [1.29, 1.82) is 0 Å². The van der Waals surface area contributed by atoms with Crippen LogP contribution < -0.4 is 11.1 Å². The first kappa shape index (κ1) is 9.66. The van der Waals surface area contributed by atoms with Crippen molar-refractivity contribution in [3.05, 3.63) is 12.2 Å². The molecule has 2 atom stereocenters. The zero-order valence-electron chi connectivity index (χ0n) is 7.09. The van der Waals surface area contributed by atoms with E-state index >= 15 is 0 Å². The van der Waals surface area contributed by atoms with Crippen molar-refractivity contribution >= 4 is 0 Å². The quantitative estimate of drug-likeness (QED) is 0.572. The first-order valence-corrected chi connectivity index (χ1v) is 3.78. The Kier molecular flexibility index (Phi) is 5.26. The van der Waals surface area contributed by atoms with Crippen LogP contribution in [-0.2, 0) is 0 Å². The lowest BCUT2D eigenvalue weighted by Gasteiger charge is -2.10. The van der Waals surface area contributed by atoms with E-state index in [1.165, 1.54) is 0 Å². The summed E-state index contributed by atoms with van der Waals surface area (Å²) in [5.74, 6) is 0. The fourth-order valence-electron chi connectivity index (χ4n) is 0.729. The first-order valence-electron chi connectivity index (χ1n) is 3.78. The summed E-state index contributed by atoms with van der Waals surface area (Å²) in [6.45, 7) is 7.01. The number of hydrogen-bond donors (Lipinski definition) is 2. The van der Waals surface area contributed by atoms with Crippen LogP contribution in [0.25, 0.3) is 0 Å². The minimum atomic E-state index is 0.243. The lowest BCUT2D eigenvalue weighted by atomic mass is 10.3. The summed E-state index contributed by atoms with van der Waals surface area (Å²) in [5.41, 5.74) is 5.55. The molecule has 0 rings (SSSR count). The zero-order chi connectivity index (χ0) is 7.98. The number of nitrogens with one attached hydrogen (secondary N) is 1. The first-order chi connectivity index (χ1) is 4.66. The molecule has 0 saturated carbocycles. The number of nitrogens with two attached hydrogens (primary N) is 1. The number of rotatable bonds is 4. The van der Waals surface area contributed by atoms with Gasteiger partial charge < -0.3 is 11.1 Å². The molecule has 0 saturated heterocycles. The van der Waals surface area contributed by atoms with Crippen LogP contribution in [0.3, 0.4) is 0 Å². The third-order valence-corrected chi connectivity index (χ3v) is 1.24. The van der Waals surface area contributed by atoms with Crippen molar-refractivity contribution < 1.29 is 0 Å². The molecule has 0 aromatic carbocycles. The second-order valence-electron chi connectivity index (χ2n) is 2.70. The highest BCUT2D eigenvalue weighted by Crippen LogP contribution is 1.83. The zero-order valence-corrected chi connectivity index (χ0v) is 7.09. The number of allylic oxidation sites excluding steroid dienone is 1. The molecule has 0 radical (unpaired) electrons. The van der Waals surface area contributed by atoms with Gasteiger partial charge in [0.1, 0.15) is 0 Å². The van der Waals surface area contributed by atoms with Gasteiger partial charge in [-0.15, -0.1) is 0 Å². The fraction of sp³-hybridized carbons (Fsp3) is 0.750. The molecule has 0 aliphatic carbocycles. The Bertz CT molecular complexity index is 97.4. The van der Waals surface area contributed by atoms with Crippen molar-refractivity contribution in [2.24, 2.45) is 5.73 Å². The molecule has 2 unspecified atom stereocenters. The lowest BCUT2D eigenvalue weighted by Crippen LogP contribution is -2.35. The molecule has 60 valence electrons. The van der Waals surface area contributed by atoms with Crippen LogP contribution in [0, 0.1) is 0 Å². The maximum absolute atomic E-state index is 5.55. The molecule has 0 aliphatic rings. The van der Waals surface area contributed by atoms with Crippen LogP contribution in [0.4, 0.5) is 0 Å². The summed E-state index contributed by atoms with van der Waals surface area (Å²) >= 11 is 0. The Morgan fingerprint density at radius 2 is 2.10 bits per heavy atom. The predicted octanol–water partition coefficient (Wildman–Crippen LogP) is 0.888. The van der Waals surface area contributed by atoms with E-state index < -0.39 is 0 Å². The molecule has 2 nitrogen and oxygen atoms in total. The van der Waals surface area contributed by atoms with E-state index in [0.717, 1.165) is 6.54 Å². The standard InChI is InChI=1S/C8H18N2/c1-4-5-8(3)10-6-7(2)9/h4-5,7-8,10H,6,9H2,1-3H3/b5-4+. The molecule has 0 amide bonds. The monoisotopic (exact) mass is 142 g/mol. The molecule has 0 heterocycles. The molecule has 3 N–H and O–H groups in total. The highest BCUT2D eigenvalue weighted by molar-refractivity contribution is 4.88. The van der Waals surface area contributed by atoms with Crippen molar-refractivity contribution in [2.75, 3.05) is 6.54 Å². The molecule has 0 spiro atoms. The van der Waals surface area contributed by atoms with Gasteiger partial charge in [-0.05, 0) is 20.8 Å². The van der Waals surface area contributed by atoms with Gasteiger partial charge in [0.2, 0.25) is 0 Å². The van der Waals surface area contributed by atoms with Gasteiger partial charge in [0.05, 0.1) is 0 Å². The third-order valence-electron chi connectivity index (χ3n) is 1.24. The van der Waals surface area contributed by atoms with E-state index in [-0.39, 0.29) is 6.04 Å². The summed E-state index contributed by atoms with van der Waals surface area (Å²) in [5, 5.41) is 3.27. The molecule has 0 fully saturated rings. The third kappa shape index (κ3) is 5.79. The van der Waals surface area contributed by atoms with E-state index in [1.807, 2.05) is 19.9 Å². The molecule has 0 aromatic heterocycles. The van der Waals surface area contributed by atoms with Gasteiger partial charge in [-0.1, -0.05) is 12.2 Å². The Hall–Kier alpha value is -0.340. The lowest BCUT2D eigenvalue weighted by molar-refractivity contribution is 0.574. The summed E-state index contributed by atoms with van der Waals surface area (Å²) < 4.78 is 0. The van der Waals surface area contributed by atoms with Crippen molar-refractivity contribution in [3.63, 3.8) is 0 Å². The molecule has 0 aliphatic heterocycles. The summed E-state index contributed by atoms with van der Waals surface area (Å²) in [6, 6.07) is 0.684. The summed E-state index contributed by atoms with van der Waals surface area (Å²) in [6.07, 6.45) is 4.15. The van der Waals surface area contributed by atoms with Crippen molar-refractivity contribution in [3.8, 4) is 0 Å². The number of hydrogen-bond acceptors (Lipinski definition) is 2. The molecule has 2 heteroatoms. The average Bonchev–Trinajstić information content (AvgIpc) is 1.85. The summed E-state index contributed by atoms with van der Waals surface area (Å²) in [7, 11) is 0. The molecular weight excluding hydrogens is 124 g/mol. The van der Waals surface area contributed by atoms with Crippen LogP contribution in [-0.4, -0.2) is 18.6 Å². The maximum atomic E-state index is 5.55. The predicted molar refractivity (Wildman–Crippen MR) is 45.9 cm³/mol. The average molecular weight is 142 g/mol. The van der Waals surface area contributed by atoms with E-state index in [4.69, 9.17) is 5.73 Å². The second-order valence-corrected chi connectivity index (χ2v) is 2.70. The Morgan fingerprint density at radius 3 is 2.50 bits per heavy atom. The minimum absolute atomic E-state index is 0.243. The van der Waals surface area contributed by atoms with Crippen LogP contribution in [0.1, 0.15) is 20.8 Å². The van der Waals surface area contributed by atoms with Crippen molar-refractivity contribution in [1.82, 2.24) is 5.32 Å². The van der Waals surface area contributed by atoms with Crippen LogP contribution in [0.5, 0.6) is 0 Å². The topological polar surface area (TPSA) is 38.0 Å². The van der Waals surface area contributed by atoms with Gasteiger partial charge in [-0.25, -0.2) is 0 Å². The molecular formula is C8H18N2. The second kappa shape index (κ2) is 5.45. The van der Waals surface area contributed by atoms with Crippen LogP contribution in [0.15, 0.2) is 12.2 Å². The molecule has 0 bridgehead atoms. The van der Waals surface area contributed by atoms with Gasteiger partial charge >= 0.3 is 0 Å². The van der Waals surface area contributed by atoms with E-state index in [1.54, 1.807) is 0 Å². The van der Waals surface area contributed by atoms with Gasteiger partial charge in [0.25, 0.3) is 0 Å².